The second-order valence-corrected chi connectivity index (χ2v) is 4.72. The molecule has 0 saturated heterocycles. The summed E-state index contributed by atoms with van der Waals surface area (Å²) >= 11 is 0. The van der Waals surface area contributed by atoms with E-state index >= 15 is 0 Å². The van der Waals surface area contributed by atoms with Gasteiger partial charge in [0, 0.05) is 11.3 Å². The molecule has 0 fully saturated rings. The summed E-state index contributed by atoms with van der Waals surface area (Å²) in [4.78, 5) is 12.0. The third-order valence-electron chi connectivity index (χ3n) is 3.02. The van der Waals surface area contributed by atoms with Gasteiger partial charge in [0.15, 0.2) is 0 Å². The zero-order valence-corrected chi connectivity index (χ0v) is 12.1. The number of nitriles is 1. The number of hydrogen-bond donors (Lipinski definition) is 1. The van der Waals surface area contributed by atoms with E-state index in [1.807, 2.05) is 0 Å². The van der Waals surface area contributed by atoms with Gasteiger partial charge in [-0.05, 0) is 30.3 Å². The lowest BCUT2D eigenvalue weighted by Gasteiger charge is -2.09. The minimum absolute atomic E-state index is 0.0215. The van der Waals surface area contributed by atoms with Crippen LogP contribution in [0.5, 0.6) is 0 Å². The second kappa shape index (κ2) is 6.96. The first-order valence-corrected chi connectivity index (χ1v) is 6.66. The van der Waals surface area contributed by atoms with Crippen LogP contribution in [0.15, 0.2) is 54.1 Å². The molecule has 0 heterocycles. The molecule has 0 aliphatic carbocycles. The standard InChI is InChI=1S/C17H10F4N2O/c18-15-7-2-1-4-11(15)8-12(10-22)16(24)23-14-6-3-5-13(9-14)17(19,20)21/h1-9H,(H,23,24)/b12-8-. The van der Waals surface area contributed by atoms with E-state index in [2.05, 4.69) is 5.32 Å². The van der Waals surface area contributed by atoms with Crippen molar-refractivity contribution in [3.8, 4) is 6.07 Å². The largest absolute Gasteiger partial charge is 0.416 e. The summed E-state index contributed by atoms with van der Waals surface area (Å²) in [5.74, 6) is -1.56. The van der Waals surface area contributed by atoms with Crippen molar-refractivity contribution in [3.63, 3.8) is 0 Å². The van der Waals surface area contributed by atoms with Crippen molar-refractivity contribution < 1.29 is 22.4 Å². The Kier molecular flexibility index (Phi) is 4.99. The van der Waals surface area contributed by atoms with Gasteiger partial charge in [-0.2, -0.15) is 18.4 Å². The van der Waals surface area contributed by atoms with Crippen molar-refractivity contribution in [2.75, 3.05) is 5.32 Å². The first kappa shape index (κ1) is 17.2. The number of alkyl halides is 3. The summed E-state index contributed by atoms with van der Waals surface area (Å²) in [5.41, 5.74) is -1.47. The lowest BCUT2D eigenvalue weighted by molar-refractivity contribution is -0.137. The van der Waals surface area contributed by atoms with Gasteiger partial charge in [0.1, 0.15) is 17.5 Å². The Bertz CT molecular complexity index is 835. The zero-order valence-electron chi connectivity index (χ0n) is 12.1. The molecule has 3 nitrogen and oxygen atoms in total. The fourth-order valence-electron chi connectivity index (χ4n) is 1.87. The summed E-state index contributed by atoms with van der Waals surface area (Å²) in [6, 6.07) is 11.1. The Balaban J connectivity index is 2.25. The van der Waals surface area contributed by atoms with Gasteiger partial charge < -0.3 is 5.32 Å². The Morgan fingerprint density at radius 3 is 2.46 bits per heavy atom. The monoisotopic (exact) mass is 334 g/mol. The van der Waals surface area contributed by atoms with E-state index in [0.29, 0.717) is 0 Å². The van der Waals surface area contributed by atoms with Crippen LogP contribution in [-0.4, -0.2) is 5.91 Å². The van der Waals surface area contributed by atoms with Crippen molar-refractivity contribution >= 4 is 17.7 Å². The molecular weight excluding hydrogens is 324 g/mol. The van der Waals surface area contributed by atoms with Crippen LogP contribution in [0.2, 0.25) is 0 Å². The van der Waals surface area contributed by atoms with E-state index in [0.717, 1.165) is 30.3 Å². The van der Waals surface area contributed by atoms with Crippen LogP contribution in [0.3, 0.4) is 0 Å². The predicted molar refractivity (Wildman–Crippen MR) is 80.1 cm³/mol. The molecule has 1 N–H and O–H groups in total. The van der Waals surface area contributed by atoms with Crippen molar-refractivity contribution in [1.82, 2.24) is 0 Å². The minimum Gasteiger partial charge on any atom is -0.321 e. The molecule has 2 aromatic carbocycles. The van der Waals surface area contributed by atoms with Gasteiger partial charge in [-0.25, -0.2) is 4.39 Å². The fourth-order valence-corrected chi connectivity index (χ4v) is 1.87. The molecule has 122 valence electrons. The average molecular weight is 334 g/mol. The number of carbonyl (C=O) groups is 1. The second-order valence-electron chi connectivity index (χ2n) is 4.72. The molecule has 0 radical (unpaired) electrons. The first-order chi connectivity index (χ1) is 11.3. The molecule has 2 rings (SSSR count). The van der Waals surface area contributed by atoms with Crippen molar-refractivity contribution in [1.29, 1.82) is 5.26 Å². The first-order valence-electron chi connectivity index (χ1n) is 6.66. The smallest absolute Gasteiger partial charge is 0.321 e. The van der Waals surface area contributed by atoms with Crippen LogP contribution in [-0.2, 0) is 11.0 Å². The van der Waals surface area contributed by atoms with E-state index in [-0.39, 0.29) is 11.3 Å². The molecule has 24 heavy (non-hydrogen) atoms. The van der Waals surface area contributed by atoms with E-state index < -0.39 is 29.0 Å². The maximum Gasteiger partial charge on any atom is 0.416 e. The molecule has 1 amide bonds. The highest BCUT2D eigenvalue weighted by molar-refractivity contribution is 6.09. The highest BCUT2D eigenvalue weighted by Crippen LogP contribution is 2.30. The number of halogens is 4. The quantitative estimate of drug-likeness (QED) is 0.514. The maximum absolute atomic E-state index is 13.6. The number of nitrogens with zero attached hydrogens (tertiary/aromatic N) is 1. The van der Waals surface area contributed by atoms with Crippen molar-refractivity contribution in [3.05, 3.63) is 71.0 Å². The number of carbonyl (C=O) groups excluding carboxylic acids is 1. The van der Waals surface area contributed by atoms with Gasteiger partial charge in [-0.3, -0.25) is 4.79 Å². The Hall–Kier alpha value is -3.14. The number of anilines is 1. The molecule has 0 aliphatic rings. The Labute approximate surface area is 134 Å². The SMILES string of the molecule is N#C/C(=C/c1ccccc1F)C(=O)Nc1cccc(C(F)(F)F)c1. The number of rotatable bonds is 3. The lowest BCUT2D eigenvalue weighted by Crippen LogP contribution is -2.14. The van der Waals surface area contributed by atoms with Crippen LogP contribution < -0.4 is 5.32 Å². The lowest BCUT2D eigenvalue weighted by atomic mass is 10.1. The van der Waals surface area contributed by atoms with Crippen LogP contribution in [0.4, 0.5) is 23.2 Å². The molecular formula is C17H10F4N2O. The summed E-state index contributed by atoms with van der Waals surface area (Å²) in [6.45, 7) is 0. The maximum atomic E-state index is 13.6. The van der Waals surface area contributed by atoms with E-state index in [9.17, 15) is 22.4 Å². The predicted octanol–water partition coefficient (Wildman–Crippen LogP) is 4.39. The molecule has 0 aromatic heterocycles. The van der Waals surface area contributed by atoms with E-state index in [1.165, 1.54) is 24.3 Å². The van der Waals surface area contributed by atoms with Gasteiger partial charge in [-0.1, -0.05) is 24.3 Å². The summed E-state index contributed by atoms with van der Waals surface area (Å²) in [6.07, 6.45) is -3.53. The fraction of sp³-hybridized carbons (Fsp3) is 0.0588. The molecule has 0 atom stereocenters. The Morgan fingerprint density at radius 1 is 1.12 bits per heavy atom. The van der Waals surface area contributed by atoms with Gasteiger partial charge in [0.25, 0.3) is 5.91 Å². The highest BCUT2D eigenvalue weighted by atomic mass is 19.4. The zero-order chi connectivity index (χ0) is 17.7. The number of hydrogen-bond acceptors (Lipinski definition) is 2. The third-order valence-corrected chi connectivity index (χ3v) is 3.02. The molecule has 0 saturated carbocycles. The van der Waals surface area contributed by atoms with Crippen LogP contribution in [0.25, 0.3) is 6.08 Å². The Morgan fingerprint density at radius 2 is 1.83 bits per heavy atom. The van der Waals surface area contributed by atoms with Crippen molar-refractivity contribution in [2.24, 2.45) is 0 Å². The molecule has 7 heteroatoms. The topological polar surface area (TPSA) is 52.9 Å². The molecule has 0 aliphatic heterocycles. The third kappa shape index (κ3) is 4.20. The average Bonchev–Trinajstić information content (AvgIpc) is 2.53. The number of benzene rings is 2. The number of amides is 1. The van der Waals surface area contributed by atoms with Gasteiger partial charge in [0.2, 0.25) is 0 Å². The molecule has 0 spiro atoms. The van der Waals surface area contributed by atoms with Crippen LogP contribution in [0, 0.1) is 17.1 Å². The minimum atomic E-state index is -4.55. The molecule has 0 unspecified atom stereocenters. The summed E-state index contributed by atoms with van der Waals surface area (Å²) in [7, 11) is 0. The van der Waals surface area contributed by atoms with Gasteiger partial charge in [0.05, 0.1) is 5.56 Å². The summed E-state index contributed by atoms with van der Waals surface area (Å²) in [5, 5.41) is 11.2. The van der Waals surface area contributed by atoms with Crippen LogP contribution in [0.1, 0.15) is 11.1 Å². The van der Waals surface area contributed by atoms with Crippen LogP contribution >= 0.6 is 0 Å². The van der Waals surface area contributed by atoms with E-state index in [4.69, 9.17) is 5.26 Å². The highest BCUT2D eigenvalue weighted by Gasteiger charge is 2.30. The van der Waals surface area contributed by atoms with Gasteiger partial charge >= 0.3 is 6.18 Å². The molecule has 2 aromatic rings. The van der Waals surface area contributed by atoms with Crippen molar-refractivity contribution in [2.45, 2.75) is 6.18 Å². The molecule has 0 bridgehead atoms. The van der Waals surface area contributed by atoms with Gasteiger partial charge in [-0.15, -0.1) is 0 Å². The normalized spacial score (nSPS) is 11.7. The summed E-state index contributed by atoms with van der Waals surface area (Å²) < 4.78 is 51.5. The van der Waals surface area contributed by atoms with E-state index in [1.54, 1.807) is 6.07 Å². The number of nitrogens with one attached hydrogen (secondary N) is 1.